The summed E-state index contributed by atoms with van der Waals surface area (Å²) in [7, 11) is 0. The Bertz CT molecular complexity index is 1200. The minimum atomic E-state index is -0.483. The van der Waals surface area contributed by atoms with Crippen molar-refractivity contribution < 1.29 is 13.9 Å². The predicted octanol–water partition coefficient (Wildman–Crippen LogP) is 6.56. The van der Waals surface area contributed by atoms with Crippen molar-refractivity contribution in [1.82, 2.24) is 9.78 Å². The van der Waals surface area contributed by atoms with E-state index >= 15 is 0 Å². The molecule has 3 aromatic rings. The second-order valence-electron chi connectivity index (χ2n) is 9.98. The third-order valence-corrected chi connectivity index (χ3v) is 6.12. The Hall–Kier alpha value is -3.21. The van der Waals surface area contributed by atoms with Gasteiger partial charge in [0.15, 0.2) is 5.83 Å². The summed E-state index contributed by atoms with van der Waals surface area (Å²) in [6.45, 7) is 10.4. The molecule has 0 saturated heterocycles. The number of rotatable bonds is 6. The fourth-order valence-corrected chi connectivity index (χ4v) is 4.05. The van der Waals surface area contributed by atoms with Gasteiger partial charge in [0.05, 0.1) is 6.54 Å². The zero-order valence-corrected chi connectivity index (χ0v) is 20.0. The number of benzene rings is 2. The number of aryl methyl sites for hydroxylation is 1. The van der Waals surface area contributed by atoms with Crippen molar-refractivity contribution in [2.75, 3.05) is 0 Å². The van der Waals surface area contributed by atoms with Crippen LogP contribution in [0.3, 0.4) is 0 Å². The maximum Gasteiger partial charge on any atom is 0.303 e. The number of carbonyl (C=O) groups excluding carboxylic acids is 1. The maximum absolute atomic E-state index is 15.0. The molecule has 2 aromatic carbocycles. The summed E-state index contributed by atoms with van der Waals surface area (Å²) in [6, 6.07) is 17.7. The van der Waals surface area contributed by atoms with Crippen LogP contribution in [-0.2, 0) is 27.1 Å². The van der Waals surface area contributed by atoms with E-state index in [1.54, 1.807) is 10.7 Å². The average Bonchev–Trinajstić information content (AvgIpc) is 3.43. The lowest BCUT2D eigenvalue weighted by atomic mass is 9.87. The summed E-state index contributed by atoms with van der Waals surface area (Å²) in [6.07, 6.45) is 3.20. The summed E-state index contributed by atoms with van der Waals surface area (Å²) in [5.41, 5.74) is 4.83. The molecule has 0 atom stereocenters. The largest absolute Gasteiger partial charge is 0.454 e. The molecule has 172 valence electrons. The van der Waals surface area contributed by atoms with E-state index < -0.39 is 5.60 Å². The third-order valence-electron chi connectivity index (χ3n) is 6.12. The Morgan fingerprint density at radius 3 is 2.45 bits per heavy atom. The standard InChI is InChI=1S/C28H31FN2O2/c1-19-15-26(25(29)17-21-9-11-23(12-10-21)27(3,4)5)30-31(19)18-22-7-6-8-24(16-22)28(13-14-28)33-20(2)32/h6-12,15-17H,13-14,18H2,1-5H3. The molecule has 1 aliphatic carbocycles. The molecule has 0 N–H and O–H groups in total. The van der Waals surface area contributed by atoms with Crippen LogP contribution in [0.2, 0.25) is 0 Å². The topological polar surface area (TPSA) is 44.1 Å². The van der Waals surface area contributed by atoms with Gasteiger partial charge in [-0.2, -0.15) is 5.10 Å². The van der Waals surface area contributed by atoms with Crippen LogP contribution in [0.1, 0.15) is 74.2 Å². The lowest BCUT2D eigenvalue weighted by Gasteiger charge is -2.18. The minimum Gasteiger partial charge on any atom is -0.454 e. The summed E-state index contributed by atoms with van der Waals surface area (Å²) >= 11 is 0. The molecular formula is C28H31FN2O2. The Morgan fingerprint density at radius 2 is 1.85 bits per heavy atom. The molecule has 0 amide bonds. The second kappa shape index (κ2) is 8.62. The summed E-state index contributed by atoms with van der Waals surface area (Å²) < 4.78 is 22.3. The van der Waals surface area contributed by atoms with Crippen molar-refractivity contribution in [1.29, 1.82) is 0 Å². The van der Waals surface area contributed by atoms with E-state index in [9.17, 15) is 9.18 Å². The van der Waals surface area contributed by atoms with E-state index in [4.69, 9.17) is 4.74 Å². The van der Waals surface area contributed by atoms with Gasteiger partial charge in [-0.05, 0) is 65.6 Å². The first-order chi connectivity index (χ1) is 15.6. The first-order valence-electron chi connectivity index (χ1n) is 11.4. The van der Waals surface area contributed by atoms with E-state index in [0.29, 0.717) is 12.2 Å². The van der Waals surface area contributed by atoms with Crippen LogP contribution < -0.4 is 0 Å². The fourth-order valence-electron chi connectivity index (χ4n) is 4.05. The highest BCUT2D eigenvalue weighted by Gasteiger charge is 2.48. The smallest absolute Gasteiger partial charge is 0.303 e. The number of ether oxygens (including phenoxy) is 1. The summed E-state index contributed by atoms with van der Waals surface area (Å²) in [5, 5.41) is 4.50. The van der Waals surface area contributed by atoms with E-state index in [1.165, 1.54) is 18.6 Å². The first kappa shape index (κ1) is 23.0. The molecule has 0 radical (unpaired) electrons. The Balaban J connectivity index is 1.52. The van der Waals surface area contributed by atoms with Crippen LogP contribution >= 0.6 is 0 Å². The molecule has 4 rings (SSSR count). The number of aromatic nitrogens is 2. The molecule has 33 heavy (non-hydrogen) atoms. The highest BCUT2D eigenvalue weighted by molar-refractivity contribution is 5.75. The zero-order chi connectivity index (χ0) is 23.8. The van der Waals surface area contributed by atoms with Crippen molar-refractivity contribution in [2.45, 2.75) is 65.0 Å². The van der Waals surface area contributed by atoms with Crippen LogP contribution in [0.25, 0.3) is 11.9 Å². The van der Waals surface area contributed by atoms with Crippen LogP contribution in [0.4, 0.5) is 4.39 Å². The number of hydrogen-bond donors (Lipinski definition) is 0. The number of hydrogen-bond acceptors (Lipinski definition) is 3. The molecule has 0 bridgehead atoms. The van der Waals surface area contributed by atoms with Crippen molar-refractivity contribution >= 4 is 17.9 Å². The molecule has 1 saturated carbocycles. The molecule has 1 aliphatic rings. The molecule has 4 nitrogen and oxygen atoms in total. The van der Waals surface area contributed by atoms with Gasteiger partial charge in [0.2, 0.25) is 0 Å². The Kier molecular flexibility index (Phi) is 6.00. The molecule has 1 heterocycles. The van der Waals surface area contributed by atoms with E-state index in [-0.39, 0.29) is 17.2 Å². The molecule has 1 aromatic heterocycles. The summed E-state index contributed by atoms with van der Waals surface area (Å²) in [5.74, 6) is -0.623. The van der Waals surface area contributed by atoms with Crippen LogP contribution in [0, 0.1) is 6.92 Å². The molecule has 5 heteroatoms. The Labute approximate surface area is 195 Å². The predicted molar refractivity (Wildman–Crippen MR) is 129 cm³/mol. The van der Waals surface area contributed by atoms with Crippen LogP contribution in [-0.4, -0.2) is 15.7 Å². The van der Waals surface area contributed by atoms with Crippen LogP contribution in [0.15, 0.2) is 54.6 Å². The molecule has 1 fully saturated rings. The lowest BCUT2D eigenvalue weighted by Crippen LogP contribution is -2.16. The lowest BCUT2D eigenvalue weighted by molar-refractivity contribution is -0.149. The number of carbonyl (C=O) groups is 1. The fraction of sp³-hybridized carbons (Fsp3) is 0.357. The monoisotopic (exact) mass is 446 g/mol. The van der Waals surface area contributed by atoms with Gasteiger partial charge in [-0.3, -0.25) is 9.48 Å². The third kappa shape index (κ3) is 5.24. The minimum absolute atomic E-state index is 0.0608. The van der Waals surface area contributed by atoms with Crippen molar-refractivity contribution in [3.63, 3.8) is 0 Å². The van der Waals surface area contributed by atoms with Gasteiger partial charge in [-0.15, -0.1) is 0 Å². The van der Waals surface area contributed by atoms with Gasteiger partial charge in [-0.1, -0.05) is 63.2 Å². The molecule has 0 unspecified atom stereocenters. The highest BCUT2D eigenvalue weighted by atomic mass is 19.1. The van der Waals surface area contributed by atoms with Gasteiger partial charge in [-0.25, -0.2) is 4.39 Å². The van der Waals surface area contributed by atoms with Gasteiger partial charge < -0.3 is 4.74 Å². The molecule has 0 aliphatic heterocycles. The first-order valence-corrected chi connectivity index (χ1v) is 11.4. The van der Waals surface area contributed by atoms with E-state index in [2.05, 4.69) is 31.9 Å². The Morgan fingerprint density at radius 1 is 1.15 bits per heavy atom. The number of halogens is 1. The van der Waals surface area contributed by atoms with Crippen molar-refractivity contribution in [3.05, 3.63) is 88.2 Å². The quantitative estimate of drug-likeness (QED) is 0.403. The van der Waals surface area contributed by atoms with E-state index in [1.807, 2.05) is 49.4 Å². The zero-order valence-electron chi connectivity index (χ0n) is 20.0. The van der Waals surface area contributed by atoms with Gasteiger partial charge in [0.1, 0.15) is 11.3 Å². The molecular weight excluding hydrogens is 415 g/mol. The van der Waals surface area contributed by atoms with Crippen molar-refractivity contribution in [2.24, 2.45) is 0 Å². The van der Waals surface area contributed by atoms with Crippen molar-refractivity contribution in [3.8, 4) is 0 Å². The molecule has 0 spiro atoms. The maximum atomic E-state index is 15.0. The van der Waals surface area contributed by atoms with Gasteiger partial charge >= 0.3 is 5.97 Å². The SMILES string of the molecule is CC(=O)OC1(c2cccc(Cn3nc(C(F)=Cc4ccc(C(C)(C)C)cc4)cc3C)c2)CC1. The number of nitrogens with zero attached hydrogens (tertiary/aromatic N) is 2. The van der Waals surface area contributed by atoms with Gasteiger partial charge in [0, 0.05) is 12.6 Å². The van der Waals surface area contributed by atoms with Gasteiger partial charge in [0.25, 0.3) is 0 Å². The summed E-state index contributed by atoms with van der Waals surface area (Å²) in [4.78, 5) is 11.5. The van der Waals surface area contributed by atoms with Crippen LogP contribution in [0.5, 0.6) is 0 Å². The average molecular weight is 447 g/mol. The second-order valence-corrected chi connectivity index (χ2v) is 9.98. The van der Waals surface area contributed by atoms with E-state index in [0.717, 1.165) is 35.2 Å². The normalized spacial score (nSPS) is 15.4. The number of esters is 1. The highest BCUT2D eigenvalue weighted by Crippen LogP contribution is 2.49.